The van der Waals surface area contributed by atoms with E-state index in [1.807, 2.05) is 32.9 Å². The van der Waals surface area contributed by atoms with Crippen LogP contribution < -0.4 is 9.64 Å². The molecule has 1 aliphatic rings. The highest BCUT2D eigenvalue weighted by atomic mass is 16.5. The molecule has 1 fully saturated rings. The number of Topliss-reactive ketones (excluding diaryl/α,β-unsaturated/α-hetero) is 1. The number of carbonyl (C=O) groups excluding carboxylic acids is 2. The summed E-state index contributed by atoms with van der Waals surface area (Å²) in [5.74, 6) is -0.654. The van der Waals surface area contributed by atoms with Gasteiger partial charge in [0.1, 0.15) is 23.3 Å². The number of ether oxygens (including phenoxy) is 1. The topological polar surface area (TPSA) is 80.0 Å². The first-order valence-corrected chi connectivity index (χ1v) is 10.6. The summed E-state index contributed by atoms with van der Waals surface area (Å²) >= 11 is 0. The number of hydrogen-bond donors (Lipinski definition) is 1. The van der Waals surface area contributed by atoms with Crippen LogP contribution in [0.5, 0.6) is 5.75 Å². The molecular formula is C26H25NO5. The number of furan rings is 1. The minimum Gasteiger partial charge on any atom is -0.507 e. The molecule has 2 heterocycles. The van der Waals surface area contributed by atoms with Crippen molar-refractivity contribution in [1.29, 1.82) is 0 Å². The van der Waals surface area contributed by atoms with Gasteiger partial charge in [-0.3, -0.25) is 14.5 Å². The molecule has 1 N–H and O–H groups in total. The van der Waals surface area contributed by atoms with E-state index in [9.17, 15) is 14.7 Å². The lowest BCUT2D eigenvalue weighted by atomic mass is 9.99. The molecule has 0 radical (unpaired) electrons. The summed E-state index contributed by atoms with van der Waals surface area (Å²) in [7, 11) is 0. The number of ketones is 1. The molecule has 1 amide bonds. The molecule has 3 aromatic rings. The van der Waals surface area contributed by atoms with Crippen LogP contribution in [0.3, 0.4) is 0 Å². The first-order chi connectivity index (χ1) is 15.4. The molecule has 1 unspecified atom stereocenters. The van der Waals surface area contributed by atoms with Crippen molar-refractivity contribution >= 4 is 23.1 Å². The Morgan fingerprint density at radius 3 is 2.44 bits per heavy atom. The first-order valence-electron chi connectivity index (χ1n) is 10.6. The maximum Gasteiger partial charge on any atom is 0.300 e. The van der Waals surface area contributed by atoms with Gasteiger partial charge in [-0.25, -0.2) is 0 Å². The standard InChI is InChI=1S/C26H25NO5/c1-4-13-31-20-11-8-18(9-12-20)24(28)22-23(21-6-5-14-32-21)27(26(30)25(22)29)19-10-7-16(2)17(3)15-19/h5-12,14-15,23,28H,4,13H2,1-3H3/b24-22-. The molecule has 0 bridgehead atoms. The lowest BCUT2D eigenvalue weighted by Crippen LogP contribution is -2.29. The molecule has 4 rings (SSSR count). The largest absolute Gasteiger partial charge is 0.507 e. The van der Waals surface area contributed by atoms with Crippen molar-refractivity contribution in [3.05, 3.63) is 88.9 Å². The molecule has 1 aromatic heterocycles. The van der Waals surface area contributed by atoms with Crippen molar-refractivity contribution in [2.45, 2.75) is 33.2 Å². The minimum absolute atomic E-state index is 0.00888. The van der Waals surface area contributed by atoms with Crippen LogP contribution in [-0.2, 0) is 9.59 Å². The van der Waals surface area contributed by atoms with E-state index in [2.05, 4.69) is 0 Å². The third kappa shape index (κ3) is 3.80. The van der Waals surface area contributed by atoms with Crippen LogP contribution in [0.4, 0.5) is 5.69 Å². The van der Waals surface area contributed by atoms with Crippen molar-refractivity contribution in [2.24, 2.45) is 0 Å². The number of nitrogens with zero attached hydrogens (tertiary/aromatic N) is 1. The van der Waals surface area contributed by atoms with Crippen molar-refractivity contribution in [1.82, 2.24) is 0 Å². The van der Waals surface area contributed by atoms with Crippen LogP contribution in [0.1, 0.15) is 41.8 Å². The summed E-state index contributed by atoms with van der Waals surface area (Å²) in [6.07, 6.45) is 2.36. The second-order valence-electron chi connectivity index (χ2n) is 7.83. The van der Waals surface area contributed by atoms with Crippen molar-refractivity contribution in [2.75, 3.05) is 11.5 Å². The second kappa shape index (κ2) is 8.75. The first kappa shape index (κ1) is 21.4. The Morgan fingerprint density at radius 2 is 1.81 bits per heavy atom. The maximum atomic E-state index is 13.1. The highest BCUT2D eigenvalue weighted by Gasteiger charge is 2.48. The lowest BCUT2D eigenvalue weighted by molar-refractivity contribution is -0.132. The number of anilines is 1. The zero-order valence-corrected chi connectivity index (χ0v) is 18.3. The molecule has 0 spiro atoms. The third-order valence-electron chi connectivity index (χ3n) is 5.63. The van der Waals surface area contributed by atoms with E-state index in [-0.39, 0.29) is 11.3 Å². The summed E-state index contributed by atoms with van der Waals surface area (Å²) < 4.78 is 11.2. The molecule has 1 aliphatic heterocycles. The lowest BCUT2D eigenvalue weighted by Gasteiger charge is -2.24. The van der Waals surface area contributed by atoms with Gasteiger partial charge in [0.2, 0.25) is 0 Å². The van der Waals surface area contributed by atoms with Crippen molar-refractivity contribution in [3.8, 4) is 5.75 Å². The normalized spacial score (nSPS) is 17.7. The second-order valence-corrected chi connectivity index (χ2v) is 7.83. The van der Waals surface area contributed by atoms with Gasteiger partial charge >= 0.3 is 0 Å². The smallest absolute Gasteiger partial charge is 0.300 e. The van der Waals surface area contributed by atoms with Crippen molar-refractivity contribution in [3.63, 3.8) is 0 Å². The molecule has 2 aromatic carbocycles. The van der Waals surface area contributed by atoms with Crippen LogP contribution in [-0.4, -0.2) is 23.4 Å². The van der Waals surface area contributed by atoms with E-state index in [1.165, 1.54) is 11.2 Å². The van der Waals surface area contributed by atoms with Crippen molar-refractivity contribution < 1.29 is 23.8 Å². The highest BCUT2D eigenvalue weighted by molar-refractivity contribution is 6.51. The number of aliphatic hydroxyl groups is 1. The van der Waals surface area contributed by atoms with Crippen LogP contribution in [0.2, 0.25) is 0 Å². The highest BCUT2D eigenvalue weighted by Crippen LogP contribution is 2.42. The molecule has 0 saturated carbocycles. The number of aryl methyl sites for hydroxylation is 2. The van der Waals surface area contributed by atoms with E-state index in [4.69, 9.17) is 9.15 Å². The molecule has 6 nitrogen and oxygen atoms in total. The Morgan fingerprint density at radius 1 is 1.06 bits per heavy atom. The van der Waals surface area contributed by atoms with E-state index < -0.39 is 17.7 Å². The van der Waals surface area contributed by atoms with Gasteiger partial charge in [0.25, 0.3) is 11.7 Å². The predicted octanol–water partition coefficient (Wildman–Crippen LogP) is 5.31. The predicted molar refractivity (Wildman–Crippen MR) is 122 cm³/mol. The van der Waals surface area contributed by atoms with Gasteiger partial charge < -0.3 is 14.3 Å². The number of benzene rings is 2. The fourth-order valence-electron chi connectivity index (χ4n) is 3.77. The van der Waals surface area contributed by atoms with Gasteiger partial charge in [-0.1, -0.05) is 13.0 Å². The van der Waals surface area contributed by atoms with E-state index >= 15 is 0 Å². The average Bonchev–Trinajstić information content (AvgIpc) is 3.41. The van der Waals surface area contributed by atoms with Crippen LogP contribution >= 0.6 is 0 Å². The number of amides is 1. The monoisotopic (exact) mass is 431 g/mol. The van der Waals surface area contributed by atoms with Crippen LogP contribution in [0.15, 0.2) is 70.9 Å². The van der Waals surface area contributed by atoms with Gasteiger partial charge in [-0.05, 0) is 79.9 Å². The molecule has 0 aliphatic carbocycles. The Labute approximate surface area is 186 Å². The summed E-state index contributed by atoms with van der Waals surface area (Å²) in [6, 6.07) is 14.9. The third-order valence-corrected chi connectivity index (χ3v) is 5.63. The van der Waals surface area contributed by atoms with Gasteiger partial charge in [0, 0.05) is 11.3 Å². The molecule has 1 atom stereocenters. The molecular weight excluding hydrogens is 406 g/mol. The van der Waals surface area contributed by atoms with Gasteiger partial charge in [-0.2, -0.15) is 0 Å². The quantitative estimate of drug-likeness (QED) is 0.325. The molecule has 6 heteroatoms. The SMILES string of the molecule is CCCOc1ccc(/C(O)=C2/C(=O)C(=O)N(c3ccc(C)c(C)c3)C2c2ccco2)cc1. The summed E-state index contributed by atoms with van der Waals surface area (Å²) in [6.45, 7) is 6.53. The fourth-order valence-corrected chi connectivity index (χ4v) is 3.77. The number of hydrogen-bond acceptors (Lipinski definition) is 5. The zero-order chi connectivity index (χ0) is 22.8. The Hall–Kier alpha value is -3.80. The summed E-state index contributed by atoms with van der Waals surface area (Å²) in [5.41, 5.74) is 3.04. The van der Waals surface area contributed by atoms with E-state index in [1.54, 1.807) is 42.5 Å². The fraction of sp³-hybridized carbons (Fsp3) is 0.231. The van der Waals surface area contributed by atoms with E-state index in [0.29, 0.717) is 29.4 Å². The Bertz CT molecular complexity index is 1180. The van der Waals surface area contributed by atoms with Gasteiger partial charge in [-0.15, -0.1) is 0 Å². The number of aliphatic hydroxyl groups excluding tert-OH is 1. The van der Waals surface area contributed by atoms with Gasteiger partial charge in [0.05, 0.1) is 18.4 Å². The van der Waals surface area contributed by atoms with Gasteiger partial charge in [0.15, 0.2) is 0 Å². The summed E-state index contributed by atoms with van der Waals surface area (Å²) in [4.78, 5) is 27.6. The maximum absolute atomic E-state index is 13.1. The Kier molecular flexibility index (Phi) is 5.86. The minimum atomic E-state index is -0.872. The van der Waals surface area contributed by atoms with E-state index in [0.717, 1.165) is 17.5 Å². The molecule has 1 saturated heterocycles. The summed E-state index contributed by atoms with van der Waals surface area (Å²) in [5, 5.41) is 11.1. The molecule has 164 valence electrons. The number of rotatable bonds is 6. The van der Waals surface area contributed by atoms with Crippen LogP contribution in [0, 0.1) is 13.8 Å². The van der Waals surface area contributed by atoms with Crippen LogP contribution in [0.25, 0.3) is 5.76 Å². The Balaban J connectivity index is 1.82. The molecule has 32 heavy (non-hydrogen) atoms. The average molecular weight is 431 g/mol. The zero-order valence-electron chi connectivity index (χ0n) is 18.3. The number of carbonyl (C=O) groups is 2.